The molecule has 1 atom stereocenters. The molecule has 2 rings (SSSR count). The Hall–Kier alpha value is -1.25. The molecule has 0 aromatic heterocycles. The van der Waals surface area contributed by atoms with Gasteiger partial charge >= 0.3 is 0 Å². The molecule has 0 spiro atoms. The second kappa shape index (κ2) is 4.09. The van der Waals surface area contributed by atoms with E-state index >= 15 is 0 Å². The zero-order valence-electron chi connectivity index (χ0n) is 8.25. The Labute approximate surface area is 87.1 Å². The number of carbonyl (C=O) groups is 1. The molecule has 0 radical (unpaired) electrons. The number of benzene rings is 1. The first kappa shape index (κ1) is 10.3. The molecule has 80 valence electrons. The number of ketones is 1. The number of carbonyl (C=O) groups excluding carboxylic acids is 1. The van der Waals surface area contributed by atoms with Crippen LogP contribution < -0.4 is 0 Å². The molecule has 0 amide bonds. The number of rotatable bonds is 2. The van der Waals surface area contributed by atoms with E-state index in [1.165, 1.54) is 12.1 Å². The number of hydrogen-bond acceptors (Lipinski definition) is 1. The number of alkyl halides is 2. The Morgan fingerprint density at radius 3 is 2.33 bits per heavy atom. The molecule has 1 aliphatic carbocycles. The van der Waals surface area contributed by atoms with Crippen LogP contribution in [0.3, 0.4) is 0 Å². The van der Waals surface area contributed by atoms with Crippen molar-refractivity contribution in [3.63, 3.8) is 0 Å². The van der Waals surface area contributed by atoms with Gasteiger partial charge in [0.15, 0.2) is 0 Å². The van der Waals surface area contributed by atoms with E-state index < -0.39 is 6.43 Å². The largest absolute Gasteiger partial charge is 0.299 e. The van der Waals surface area contributed by atoms with E-state index in [0.717, 1.165) is 18.4 Å². The molecule has 1 nitrogen and oxygen atoms in total. The summed E-state index contributed by atoms with van der Waals surface area (Å²) >= 11 is 0. The number of Topliss-reactive ketones (excluding diaryl/α,β-unsaturated/α-hetero) is 1. The second-order valence-corrected chi connectivity index (χ2v) is 3.88. The van der Waals surface area contributed by atoms with Crippen LogP contribution in [0.15, 0.2) is 24.3 Å². The van der Waals surface area contributed by atoms with Gasteiger partial charge in [-0.3, -0.25) is 4.79 Å². The molecule has 0 heterocycles. The number of hydrogen-bond donors (Lipinski definition) is 0. The van der Waals surface area contributed by atoms with E-state index in [4.69, 9.17) is 0 Å². The van der Waals surface area contributed by atoms with Crippen LogP contribution in [0.1, 0.15) is 42.7 Å². The molecule has 0 aliphatic heterocycles. The van der Waals surface area contributed by atoms with E-state index in [-0.39, 0.29) is 17.3 Å². The van der Waals surface area contributed by atoms with Crippen molar-refractivity contribution in [1.82, 2.24) is 0 Å². The summed E-state index contributed by atoms with van der Waals surface area (Å²) in [6.45, 7) is 0. The molecular formula is C12H12F2O. The van der Waals surface area contributed by atoms with Crippen molar-refractivity contribution < 1.29 is 13.6 Å². The van der Waals surface area contributed by atoms with Gasteiger partial charge < -0.3 is 0 Å². The molecule has 0 bridgehead atoms. The Morgan fingerprint density at radius 1 is 1.20 bits per heavy atom. The molecular weight excluding hydrogens is 198 g/mol. The summed E-state index contributed by atoms with van der Waals surface area (Å²) < 4.78 is 24.6. The van der Waals surface area contributed by atoms with Gasteiger partial charge in [0, 0.05) is 17.9 Å². The minimum absolute atomic E-state index is 0.0178. The summed E-state index contributed by atoms with van der Waals surface area (Å²) in [7, 11) is 0. The first-order chi connectivity index (χ1) is 7.18. The predicted molar refractivity (Wildman–Crippen MR) is 53.0 cm³/mol. The molecule has 15 heavy (non-hydrogen) atoms. The van der Waals surface area contributed by atoms with Crippen molar-refractivity contribution in [2.24, 2.45) is 0 Å². The normalized spacial score (nSPS) is 21.3. The van der Waals surface area contributed by atoms with Crippen molar-refractivity contribution in [3.8, 4) is 0 Å². The first-order valence-electron chi connectivity index (χ1n) is 5.09. The van der Waals surface area contributed by atoms with Gasteiger partial charge in [0.2, 0.25) is 0 Å². The minimum atomic E-state index is -2.43. The third kappa shape index (κ3) is 2.06. The SMILES string of the molecule is O=C1CCCC1c1ccc(C(F)F)cc1. The molecule has 0 N–H and O–H groups in total. The Kier molecular flexibility index (Phi) is 2.80. The highest BCUT2D eigenvalue weighted by Crippen LogP contribution is 2.32. The van der Waals surface area contributed by atoms with Crippen molar-refractivity contribution in [2.45, 2.75) is 31.6 Å². The maximum atomic E-state index is 12.3. The summed E-state index contributed by atoms with van der Waals surface area (Å²) in [5.41, 5.74) is 0.895. The summed E-state index contributed by atoms with van der Waals surface area (Å²) in [6, 6.07) is 6.11. The lowest BCUT2D eigenvalue weighted by Gasteiger charge is -2.08. The van der Waals surface area contributed by atoms with Crippen LogP contribution in [0.4, 0.5) is 8.78 Å². The standard InChI is InChI=1S/C12H12F2O/c13-12(14)9-6-4-8(5-7-9)10-2-1-3-11(10)15/h4-7,10,12H,1-3H2. The lowest BCUT2D eigenvalue weighted by molar-refractivity contribution is -0.118. The van der Waals surface area contributed by atoms with Gasteiger partial charge in [0.25, 0.3) is 6.43 Å². The van der Waals surface area contributed by atoms with Gasteiger partial charge in [0.1, 0.15) is 5.78 Å². The highest BCUT2D eigenvalue weighted by molar-refractivity contribution is 5.87. The third-order valence-corrected chi connectivity index (χ3v) is 2.90. The fourth-order valence-electron chi connectivity index (χ4n) is 2.04. The van der Waals surface area contributed by atoms with Crippen LogP contribution in [0.25, 0.3) is 0 Å². The van der Waals surface area contributed by atoms with Gasteiger partial charge in [0.05, 0.1) is 0 Å². The molecule has 1 aromatic carbocycles. The quantitative estimate of drug-likeness (QED) is 0.730. The molecule has 1 aliphatic rings. The van der Waals surface area contributed by atoms with Gasteiger partial charge in [-0.15, -0.1) is 0 Å². The van der Waals surface area contributed by atoms with Crippen LogP contribution in [-0.4, -0.2) is 5.78 Å². The minimum Gasteiger partial charge on any atom is -0.299 e. The molecule has 1 aromatic rings. The van der Waals surface area contributed by atoms with Gasteiger partial charge in [-0.2, -0.15) is 0 Å². The molecule has 3 heteroatoms. The van der Waals surface area contributed by atoms with Gasteiger partial charge in [-0.1, -0.05) is 24.3 Å². The van der Waals surface area contributed by atoms with E-state index in [1.807, 2.05) is 0 Å². The lowest BCUT2D eigenvalue weighted by Crippen LogP contribution is -2.03. The highest BCUT2D eigenvalue weighted by Gasteiger charge is 2.25. The van der Waals surface area contributed by atoms with Crippen molar-refractivity contribution in [1.29, 1.82) is 0 Å². The van der Waals surface area contributed by atoms with Gasteiger partial charge in [-0.25, -0.2) is 8.78 Å². The Bertz CT molecular complexity index is 356. The zero-order chi connectivity index (χ0) is 10.8. The topological polar surface area (TPSA) is 17.1 Å². The lowest BCUT2D eigenvalue weighted by atomic mass is 9.96. The highest BCUT2D eigenvalue weighted by atomic mass is 19.3. The van der Waals surface area contributed by atoms with Gasteiger partial charge in [-0.05, 0) is 18.4 Å². The number of halogens is 2. The van der Waals surface area contributed by atoms with Crippen LogP contribution in [0.5, 0.6) is 0 Å². The van der Waals surface area contributed by atoms with Crippen LogP contribution in [0, 0.1) is 0 Å². The summed E-state index contributed by atoms with van der Waals surface area (Å²) in [6.07, 6.45) is -0.0351. The maximum absolute atomic E-state index is 12.3. The molecule has 0 saturated heterocycles. The zero-order valence-corrected chi connectivity index (χ0v) is 8.25. The average Bonchev–Trinajstić information content (AvgIpc) is 2.65. The third-order valence-electron chi connectivity index (χ3n) is 2.90. The maximum Gasteiger partial charge on any atom is 0.263 e. The first-order valence-corrected chi connectivity index (χ1v) is 5.09. The second-order valence-electron chi connectivity index (χ2n) is 3.88. The van der Waals surface area contributed by atoms with Crippen molar-refractivity contribution >= 4 is 5.78 Å². The summed E-state index contributed by atoms with van der Waals surface area (Å²) in [5.74, 6) is 0.177. The smallest absolute Gasteiger partial charge is 0.263 e. The van der Waals surface area contributed by atoms with Crippen LogP contribution in [-0.2, 0) is 4.79 Å². The van der Waals surface area contributed by atoms with E-state index in [2.05, 4.69) is 0 Å². The van der Waals surface area contributed by atoms with E-state index in [9.17, 15) is 13.6 Å². The summed E-state index contributed by atoms with van der Waals surface area (Å²) in [4.78, 5) is 11.4. The average molecular weight is 210 g/mol. The van der Waals surface area contributed by atoms with Crippen molar-refractivity contribution in [2.75, 3.05) is 0 Å². The monoisotopic (exact) mass is 210 g/mol. The van der Waals surface area contributed by atoms with Crippen molar-refractivity contribution in [3.05, 3.63) is 35.4 Å². The summed E-state index contributed by atoms with van der Waals surface area (Å²) in [5, 5.41) is 0. The molecule has 1 saturated carbocycles. The van der Waals surface area contributed by atoms with Crippen LogP contribution >= 0.6 is 0 Å². The Morgan fingerprint density at radius 2 is 1.87 bits per heavy atom. The van der Waals surface area contributed by atoms with E-state index in [1.54, 1.807) is 12.1 Å². The predicted octanol–water partition coefficient (Wildman–Crippen LogP) is 3.46. The fourth-order valence-corrected chi connectivity index (χ4v) is 2.04. The molecule has 1 unspecified atom stereocenters. The van der Waals surface area contributed by atoms with E-state index in [0.29, 0.717) is 6.42 Å². The molecule has 1 fully saturated rings. The van der Waals surface area contributed by atoms with Crippen LogP contribution in [0.2, 0.25) is 0 Å². The Balaban J connectivity index is 2.19. The fraction of sp³-hybridized carbons (Fsp3) is 0.417.